The van der Waals surface area contributed by atoms with Crippen molar-refractivity contribution >= 4 is 0 Å². The van der Waals surface area contributed by atoms with Crippen LogP contribution in [-0.2, 0) is 13.0 Å². The number of unbranched alkanes of at least 4 members (excludes halogenated alkanes) is 1. The van der Waals surface area contributed by atoms with Crippen LogP contribution in [0.25, 0.3) is 0 Å². The molecule has 14 heavy (non-hydrogen) atoms. The molecule has 1 heterocycles. The quantitative estimate of drug-likeness (QED) is 0.723. The molecule has 0 aromatic carbocycles. The molecular formula is C11H21N3. The van der Waals surface area contributed by atoms with Crippen LogP contribution < -0.4 is 0 Å². The predicted octanol–water partition coefficient (Wildman–Crippen LogP) is 2.76. The molecule has 1 aromatic heterocycles. The van der Waals surface area contributed by atoms with Crippen molar-refractivity contribution < 1.29 is 0 Å². The van der Waals surface area contributed by atoms with Gasteiger partial charge in [-0.2, -0.15) is 0 Å². The average Bonchev–Trinajstić information content (AvgIpc) is 2.57. The van der Waals surface area contributed by atoms with Gasteiger partial charge in [-0.3, -0.25) is 0 Å². The van der Waals surface area contributed by atoms with E-state index in [4.69, 9.17) is 0 Å². The Hall–Kier alpha value is -0.860. The Labute approximate surface area is 86.5 Å². The minimum absolute atomic E-state index is 0.472. The highest BCUT2D eigenvalue weighted by Crippen LogP contribution is 2.14. The van der Waals surface area contributed by atoms with Gasteiger partial charge in [0.15, 0.2) is 0 Å². The van der Waals surface area contributed by atoms with Gasteiger partial charge in [0, 0.05) is 18.9 Å². The molecule has 0 N–H and O–H groups in total. The maximum atomic E-state index is 4.25. The van der Waals surface area contributed by atoms with Gasteiger partial charge < -0.3 is 4.57 Å². The molecule has 80 valence electrons. The van der Waals surface area contributed by atoms with Crippen molar-refractivity contribution in [3.05, 3.63) is 11.6 Å². The minimum atomic E-state index is 0.472. The molecule has 0 saturated heterocycles. The highest BCUT2D eigenvalue weighted by atomic mass is 15.3. The second-order valence-corrected chi connectivity index (χ2v) is 3.99. The average molecular weight is 195 g/mol. The van der Waals surface area contributed by atoms with Gasteiger partial charge in [-0.15, -0.1) is 10.2 Å². The third-order valence-electron chi connectivity index (χ3n) is 2.42. The summed E-state index contributed by atoms with van der Waals surface area (Å²) in [5.74, 6) is 2.73. The van der Waals surface area contributed by atoms with E-state index in [2.05, 4.69) is 42.5 Å². The highest BCUT2D eigenvalue weighted by Gasteiger charge is 2.12. The molecule has 3 heteroatoms. The van der Waals surface area contributed by atoms with E-state index in [0.29, 0.717) is 5.92 Å². The van der Waals surface area contributed by atoms with E-state index in [0.717, 1.165) is 24.6 Å². The van der Waals surface area contributed by atoms with Crippen molar-refractivity contribution in [1.82, 2.24) is 14.8 Å². The Morgan fingerprint density at radius 2 is 1.93 bits per heavy atom. The molecule has 0 aliphatic carbocycles. The van der Waals surface area contributed by atoms with Gasteiger partial charge in [-0.1, -0.05) is 34.1 Å². The Morgan fingerprint density at radius 3 is 2.43 bits per heavy atom. The summed E-state index contributed by atoms with van der Waals surface area (Å²) in [6, 6.07) is 0. The van der Waals surface area contributed by atoms with E-state index in [1.807, 2.05) is 0 Å². The van der Waals surface area contributed by atoms with Gasteiger partial charge in [0.25, 0.3) is 0 Å². The zero-order valence-electron chi connectivity index (χ0n) is 9.75. The first-order valence-electron chi connectivity index (χ1n) is 5.62. The lowest BCUT2D eigenvalue weighted by Gasteiger charge is -2.10. The number of aryl methyl sites for hydroxylation is 1. The standard InChI is InChI=1S/C11H21N3/c1-5-7-8-14-10(6-2)12-13-11(14)9(3)4/h9H,5-8H2,1-4H3. The van der Waals surface area contributed by atoms with Gasteiger partial charge in [-0.05, 0) is 6.42 Å². The van der Waals surface area contributed by atoms with Crippen LogP contribution in [-0.4, -0.2) is 14.8 Å². The van der Waals surface area contributed by atoms with Crippen LogP contribution in [0.3, 0.4) is 0 Å². The first kappa shape index (κ1) is 11.2. The third kappa shape index (κ3) is 2.34. The SMILES string of the molecule is CCCCn1c(CC)nnc1C(C)C. The van der Waals surface area contributed by atoms with Gasteiger partial charge in [0.2, 0.25) is 0 Å². The molecule has 0 saturated carbocycles. The van der Waals surface area contributed by atoms with Crippen molar-refractivity contribution in [2.24, 2.45) is 0 Å². The van der Waals surface area contributed by atoms with Gasteiger partial charge >= 0.3 is 0 Å². The van der Waals surface area contributed by atoms with E-state index >= 15 is 0 Å². The van der Waals surface area contributed by atoms with Gasteiger partial charge in [0.05, 0.1) is 0 Å². The number of rotatable bonds is 5. The summed E-state index contributed by atoms with van der Waals surface area (Å²) in [5.41, 5.74) is 0. The predicted molar refractivity (Wildman–Crippen MR) is 58.4 cm³/mol. The molecule has 0 unspecified atom stereocenters. The van der Waals surface area contributed by atoms with Crippen molar-refractivity contribution in [2.75, 3.05) is 0 Å². The second kappa shape index (κ2) is 5.13. The molecule has 0 spiro atoms. The van der Waals surface area contributed by atoms with Crippen LogP contribution in [0.1, 0.15) is 58.1 Å². The second-order valence-electron chi connectivity index (χ2n) is 3.99. The monoisotopic (exact) mass is 195 g/mol. The molecule has 0 amide bonds. The number of aromatic nitrogens is 3. The lowest BCUT2D eigenvalue weighted by molar-refractivity contribution is 0.564. The van der Waals surface area contributed by atoms with Crippen LogP contribution in [0.4, 0.5) is 0 Å². The van der Waals surface area contributed by atoms with Crippen molar-refractivity contribution in [3.8, 4) is 0 Å². The fourth-order valence-corrected chi connectivity index (χ4v) is 1.60. The van der Waals surface area contributed by atoms with E-state index in [9.17, 15) is 0 Å². The third-order valence-corrected chi connectivity index (χ3v) is 2.42. The maximum Gasteiger partial charge on any atom is 0.135 e. The molecular weight excluding hydrogens is 174 g/mol. The maximum absolute atomic E-state index is 4.25. The number of hydrogen-bond donors (Lipinski definition) is 0. The first-order chi connectivity index (χ1) is 6.70. The first-order valence-corrected chi connectivity index (χ1v) is 5.62. The summed E-state index contributed by atoms with van der Waals surface area (Å²) >= 11 is 0. The Bertz CT molecular complexity index is 276. The van der Waals surface area contributed by atoms with E-state index in [1.165, 1.54) is 12.8 Å². The summed E-state index contributed by atoms with van der Waals surface area (Å²) in [5, 5.41) is 8.47. The lowest BCUT2D eigenvalue weighted by atomic mass is 10.2. The molecule has 3 nitrogen and oxygen atoms in total. The summed E-state index contributed by atoms with van der Waals surface area (Å²) in [4.78, 5) is 0. The summed E-state index contributed by atoms with van der Waals surface area (Å²) < 4.78 is 2.29. The van der Waals surface area contributed by atoms with Crippen molar-refractivity contribution in [3.63, 3.8) is 0 Å². The van der Waals surface area contributed by atoms with Crippen LogP contribution in [0, 0.1) is 0 Å². The van der Waals surface area contributed by atoms with Crippen LogP contribution in [0.5, 0.6) is 0 Å². The number of hydrogen-bond acceptors (Lipinski definition) is 2. The Kier molecular flexibility index (Phi) is 4.11. The van der Waals surface area contributed by atoms with E-state index in [-0.39, 0.29) is 0 Å². The molecule has 0 aliphatic heterocycles. The number of nitrogens with zero attached hydrogens (tertiary/aromatic N) is 3. The summed E-state index contributed by atoms with van der Waals surface area (Å²) in [6.45, 7) is 9.76. The molecule has 0 radical (unpaired) electrons. The van der Waals surface area contributed by atoms with Gasteiger partial charge in [-0.25, -0.2) is 0 Å². The topological polar surface area (TPSA) is 30.7 Å². The molecule has 1 aromatic rings. The fourth-order valence-electron chi connectivity index (χ4n) is 1.60. The smallest absolute Gasteiger partial charge is 0.135 e. The molecule has 1 rings (SSSR count). The molecule has 0 aliphatic rings. The van der Waals surface area contributed by atoms with Crippen LogP contribution in [0.2, 0.25) is 0 Å². The molecule has 0 atom stereocenters. The Morgan fingerprint density at radius 1 is 1.21 bits per heavy atom. The van der Waals surface area contributed by atoms with Crippen molar-refractivity contribution in [2.45, 2.75) is 59.4 Å². The zero-order valence-corrected chi connectivity index (χ0v) is 9.75. The van der Waals surface area contributed by atoms with E-state index in [1.54, 1.807) is 0 Å². The lowest BCUT2D eigenvalue weighted by Crippen LogP contribution is -2.08. The van der Waals surface area contributed by atoms with Crippen molar-refractivity contribution in [1.29, 1.82) is 0 Å². The van der Waals surface area contributed by atoms with Crippen LogP contribution >= 0.6 is 0 Å². The Balaban J connectivity index is 2.88. The molecule has 0 bridgehead atoms. The minimum Gasteiger partial charge on any atom is -0.315 e. The van der Waals surface area contributed by atoms with Gasteiger partial charge in [0.1, 0.15) is 11.6 Å². The van der Waals surface area contributed by atoms with E-state index < -0.39 is 0 Å². The molecule has 0 fully saturated rings. The largest absolute Gasteiger partial charge is 0.315 e. The fraction of sp³-hybridized carbons (Fsp3) is 0.818. The van der Waals surface area contributed by atoms with Crippen LogP contribution in [0.15, 0.2) is 0 Å². The zero-order chi connectivity index (χ0) is 10.6. The normalized spacial score (nSPS) is 11.2. The summed E-state index contributed by atoms with van der Waals surface area (Å²) in [6.07, 6.45) is 3.41. The highest BCUT2D eigenvalue weighted by molar-refractivity contribution is 4.99. The summed E-state index contributed by atoms with van der Waals surface area (Å²) in [7, 11) is 0.